The van der Waals surface area contributed by atoms with Crippen molar-refractivity contribution in [1.29, 1.82) is 0 Å². The average molecular weight is 334 g/mol. The van der Waals surface area contributed by atoms with E-state index in [1.165, 1.54) is 12.1 Å². The number of amides is 1. The van der Waals surface area contributed by atoms with Crippen LogP contribution in [0.2, 0.25) is 0 Å². The minimum absolute atomic E-state index is 0.332. The molecule has 1 atom stereocenters. The van der Waals surface area contributed by atoms with Gasteiger partial charge in [0, 0.05) is 12.1 Å². The highest BCUT2D eigenvalue weighted by molar-refractivity contribution is 5.98. The van der Waals surface area contributed by atoms with Crippen molar-refractivity contribution in [1.82, 2.24) is 0 Å². The molecule has 0 fully saturated rings. The number of carbonyl (C=O) groups is 1. The van der Waals surface area contributed by atoms with E-state index in [0.717, 1.165) is 5.56 Å². The average Bonchev–Trinajstić information content (AvgIpc) is 2.63. The van der Waals surface area contributed by atoms with E-state index in [1.54, 1.807) is 12.1 Å². The van der Waals surface area contributed by atoms with Crippen LogP contribution in [0.3, 0.4) is 0 Å². The molecule has 3 rings (SSSR count). The van der Waals surface area contributed by atoms with Crippen LogP contribution in [-0.4, -0.2) is 5.91 Å². The number of hydrogen-bond donors (Lipinski definition) is 2. The second kappa shape index (κ2) is 7.28. The molecule has 3 aromatic rings. The number of hydrogen-bond acceptors (Lipinski definition) is 2. The van der Waals surface area contributed by atoms with E-state index in [0.29, 0.717) is 17.7 Å². The predicted octanol–water partition coefficient (Wildman–Crippen LogP) is 3.86. The third-order valence-electron chi connectivity index (χ3n) is 4.10. The van der Waals surface area contributed by atoms with Crippen LogP contribution in [0.5, 0.6) is 0 Å². The Bertz CT molecular complexity index is 852. The summed E-state index contributed by atoms with van der Waals surface area (Å²) in [4.78, 5) is 13.0. The van der Waals surface area contributed by atoms with Gasteiger partial charge in [-0.1, -0.05) is 66.7 Å². The van der Waals surface area contributed by atoms with Crippen LogP contribution in [0.15, 0.2) is 84.9 Å². The molecule has 126 valence electrons. The lowest BCUT2D eigenvalue weighted by Crippen LogP contribution is -2.50. The van der Waals surface area contributed by atoms with Crippen molar-refractivity contribution < 1.29 is 9.18 Å². The van der Waals surface area contributed by atoms with Crippen LogP contribution in [-0.2, 0) is 16.8 Å². The number of nitrogens with two attached hydrogens (primary N) is 1. The highest BCUT2D eigenvalue weighted by atomic mass is 19.1. The molecule has 3 aromatic carbocycles. The fourth-order valence-electron chi connectivity index (χ4n) is 2.78. The first-order valence-electron chi connectivity index (χ1n) is 8.03. The van der Waals surface area contributed by atoms with Crippen molar-refractivity contribution in [3.05, 3.63) is 102 Å². The highest BCUT2D eigenvalue weighted by Crippen LogP contribution is 2.25. The second-order valence-corrected chi connectivity index (χ2v) is 5.96. The van der Waals surface area contributed by atoms with Crippen LogP contribution in [0.25, 0.3) is 0 Å². The first-order chi connectivity index (χ1) is 12.1. The third-order valence-corrected chi connectivity index (χ3v) is 4.10. The standard InChI is InChI=1S/C21H19FN2O/c22-18-12-7-13-19(14-18)24-20(25)21(23,17-10-5-2-6-11-17)15-16-8-3-1-4-9-16/h1-14H,15,23H2,(H,24,25). The van der Waals surface area contributed by atoms with E-state index in [-0.39, 0.29) is 5.91 Å². The zero-order valence-corrected chi connectivity index (χ0v) is 13.7. The number of halogens is 1. The Morgan fingerprint density at radius 2 is 1.56 bits per heavy atom. The molecule has 0 spiro atoms. The molecule has 1 amide bonds. The smallest absolute Gasteiger partial charge is 0.249 e. The summed E-state index contributed by atoms with van der Waals surface area (Å²) in [5.41, 5.74) is 7.33. The molecule has 3 N–H and O–H groups in total. The zero-order valence-electron chi connectivity index (χ0n) is 13.7. The van der Waals surface area contributed by atoms with Gasteiger partial charge in [0.2, 0.25) is 5.91 Å². The van der Waals surface area contributed by atoms with Crippen LogP contribution in [0, 0.1) is 5.82 Å². The maximum Gasteiger partial charge on any atom is 0.249 e. The van der Waals surface area contributed by atoms with E-state index in [9.17, 15) is 9.18 Å². The maximum absolute atomic E-state index is 13.4. The lowest BCUT2D eigenvalue weighted by molar-refractivity contribution is -0.121. The number of carbonyl (C=O) groups excluding carboxylic acids is 1. The Kier molecular flexibility index (Phi) is 4.91. The maximum atomic E-state index is 13.4. The van der Waals surface area contributed by atoms with Crippen molar-refractivity contribution in [2.24, 2.45) is 5.73 Å². The minimum Gasteiger partial charge on any atom is -0.324 e. The molecule has 0 saturated carbocycles. The lowest BCUT2D eigenvalue weighted by atomic mass is 9.83. The Morgan fingerprint density at radius 1 is 0.920 bits per heavy atom. The van der Waals surface area contributed by atoms with E-state index in [1.807, 2.05) is 60.7 Å². The Labute approximate surface area is 146 Å². The number of benzene rings is 3. The first kappa shape index (κ1) is 16.9. The van der Waals surface area contributed by atoms with Crippen LogP contribution < -0.4 is 11.1 Å². The van der Waals surface area contributed by atoms with Gasteiger partial charge in [-0.2, -0.15) is 0 Å². The van der Waals surface area contributed by atoms with Gasteiger partial charge >= 0.3 is 0 Å². The van der Waals surface area contributed by atoms with Gasteiger partial charge in [-0.3, -0.25) is 4.79 Å². The van der Waals surface area contributed by atoms with E-state index < -0.39 is 11.4 Å². The predicted molar refractivity (Wildman–Crippen MR) is 97.5 cm³/mol. The van der Waals surface area contributed by atoms with Crippen molar-refractivity contribution >= 4 is 11.6 Å². The molecule has 0 aliphatic heterocycles. The monoisotopic (exact) mass is 334 g/mol. The molecular weight excluding hydrogens is 315 g/mol. The summed E-state index contributed by atoms with van der Waals surface area (Å²) in [6.45, 7) is 0. The molecule has 1 unspecified atom stereocenters. The molecular formula is C21H19FN2O. The number of rotatable bonds is 5. The molecule has 0 radical (unpaired) electrons. The fraction of sp³-hybridized carbons (Fsp3) is 0.0952. The summed E-state index contributed by atoms with van der Waals surface area (Å²) in [7, 11) is 0. The summed E-state index contributed by atoms with van der Waals surface area (Å²) in [5.74, 6) is -0.795. The topological polar surface area (TPSA) is 55.1 Å². The van der Waals surface area contributed by atoms with Gasteiger partial charge < -0.3 is 11.1 Å². The molecule has 0 aromatic heterocycles. The van der Waals surface area contributed by atoms with Gasteiger partial charge in [0.15, 0.2) is 0 Å². The molecule has 0 bridgehead atoms. The van der Waals surface area contributed by atoms with E-state index in [4.69, 9.17) is 5.73 Å². The van der Waals surface area contributed by atoms with Crippen molar-refractivity contribution in [3.8, 4) is 0 Å². The normalized spacial score (nSPS) is 13.0. The summed E-state index contributed by atoms with van der Waals surface area (Å²) < 4.78 is 13.4. The molecule has 4 heteroatoms. The minimum atomic E-state index is -1.27. The zero-order chi connectivity index (χ0) is 17.7. The summed E-state index contributed by atoms with van der Waals surface area (Å²) in [5, 5.41) is 2.74. The van der Waals surface area contributed by atoms with E-state index >= 15 is 0 Å². The van der Waals surface area contributed by atoms with Crippen LogP contribution in [0.4, 0.5) is 10.1 Å². The summed E-state index contributed by atoms with van der Waals surface area (Å²) in [6, 6.07) is 24.6. The van der Waals surface area contributed by atoms with Crippen molar-refractivity contribution in [3.63, 3.8) is 0 Å². The Hall–Kier alpha value is -2.98. The van der Waals surface area contributed by atoms with Gasteiger partial charge in [-0.05, 0) is 29.3 Å². The van der Waals surface area contributed by atoms with Crippen molar-refractivity contribution in [2.75, 3.05) is 5.32 Å². The highest BCUT2D eigenvalue weighted by Gasteiger charge is 2.36. The molecule has 0 aliphatic carbocycles. The third kappa shape index (κ3) is 3.92. The molecule has 25 heavy (non-hydrogen) atoms. The lowest BCUT2D eigenvalue weighted by Gasteiger charge is -2.29. The quantitative estimate of drug-likeness (QED) is 0.744. The van der Waals surface area contributed by atoms with Gasteiger partial charge in [0.1, 0.15) is 11.4 Å². The summed E-state index contributed by atoms with van der Waals surface area (Å²) in [6.07, 6.45) is 0.332. The Morgan fingerprint density at radius 3 is 2.20 bits per heavy atom. The molecule has 3 nitrogen and oxygen atoms in total. The van der Waals surface area contributed by atoms with E-state index in [2.05, 4.69) is 5.32 Å². The SMILES string of the molecule is NC(Cc1ccccc1)(C(=O)Nc1cccc(F)c1)c1ccccc1. The fourth-order valence-corrected chi connectivity index (χ4v) is 2.78. The number of nitrogens with one attached hydrogen (secondary N) is 1. The van der Waals surface area contributed by atoms with Gasteiger partial charge in [-0.25, -0.2) is 4.39 Å². The first-order valence-corrected chi connectivity index (χ1v) is 8.03. The van der Waals surface area contributed by atoms with Crippen LogP contribution in [0.1, 0.15) is 11.1 Å². The van der Waals surface area contributed by atoms with Gasteiger partial charge in [-0.15, -0.1) is 0 Å². The van der Waals surface area contributed by atoms with Gasteiger partial charge in [0.25, 0.3) is 0 Å². The number of anilines is 1. The van der Waals surface area contributed by atoms with Crippen LogP contribution >= 0.6 is 0 Å². The second-order valence-electron chi connectivity index (χ2n) is 5.96. The van der Waals surface area contributed by atoms with Crippen molar-refractivity contribution in [2.45, 2.75) is 12.0 Å². The van der Waals surface area contributed by atoms with Gasteiger partial charge in [0.05, 0.1) is 0 Å². The summed E-state index contributed by atoms with van der Waals surface area (Å²) >= 11 is 0. The largest absolute Gasteiger partial charge is 0.324 e. The Balaban J connectivity index is 1.94. The molecule has 0 aliphatic rings. The molecule has 0 saturated heterocycles. The molecule has 0 heterocycles.